The lowest BCUT2D eigenvalue weighted by molar-refractivity contribution is 0.230. The van der Waals surface area contributed by atoms with Gasteiger partial charge in [-0.2, -0.15) is 0 Å². The van der Waals surface area contributed by atoms with Gasteiger partial charge < -0.3 is 10.1 Å². The van der Waals surface area contributed by atoms with Crippen molar-refractivity contribution in [2.75, 3.05) is 0 Å². The van der Waals surface area contributed by atoms with Crippen molar-refractivity contribution in [1.29, 1.82) is 5.41 Å². The molecule has 1 atom stereocenters. The molecule has 0 aromatic heterocycles. The summed E-state index contributed by atoms with van der Waals surface area (Å²) in [5, 5.41) is 6.93. The molecule has 1 heterocycles. The molecule has 0 saturated carbocycles. The van der Waals surface area contributed by atoms with Crippen molar-refractivity contribution >= 4 is 6.21 Å². The van der Waals surface area contributed by atoms with Crippen LogP contribution in [0, 0.1) is 5.41 Å². The van der Waals surface area contributed by atoms with Crippen molar-refractivity contribution in [3.05, 3.63) is 72.1 Å². The minimum absolute atomic E-state index is 0.0304. The highest BCUT2D eigenvalue weighted by Gasteiger charge is 2.11. The van der Waals surface area contributed by atoms with E-state index in [4.69, 9.17) is 10.1 Å². The summed E-state index contributed by atoms with van der Waals surface area (Å²) >= 11 is 0. The van der Waals surface area contributed by atoms with Crippen LogP contribution in [-0.2, 0) is 4.74 Å². The van der Waals surface area contributed by atoms with Gasteiger partial charge in [0, 0.05) is 6.21 Å². The molecule has 1 aliphatic carbocycles. The van der Waals surface area contributed by atoms with E-state index in [1.54, 1.807) is 12.3 Å². The Morgan fingerprint density at radius 2 is 2.29 bits per heavy atom. The second-order valence-electron chi connectivity index (χ2n) is 3.93. The van der Waals surface area contributed by atoms with Gasteiger partial charge in [-0.05, 0) is 47.4 Å². The first-order valence-electron chi connectivity index (χ1n) is 5.57. The first kappa shape index (κ1) is 11.4. The quantitative estimate of drug-likeness (QED) is 0.733. The molecule has 0 spiro atoms. The third-order valence-corrected chi connectivity index (χ3v) is 2.64. The van der Waals surface area contributed by atoms with E-state index in [1.807, 2.05) is 24.3 Å². The highest BCUT2D eigenvalue weighted by Crippen LogP contribution is 2.24. The SMILES string of the molecule is C=C1/C=C(C/C=C\C=N)\C=C/OC2C=CC1=C2. The monoisotopic (exact) mass is 225 g/mol. The molecule has 0 radical (unpaired) electrons. The zero-order valence-corrected chi connectivity index (χ0v) is 9.60. The maximum absolute atomic E-state index is 6.93. The van der Waals surface area contributed by atoms with Gasteiger partial charge in [0.1, 0.15) is 6.10 Å². The van der Waals surface area contributed by atoms with Gasteiger partial charge in [-0.15, -0.1) is 0 Å². The van der Waals surface area contributed by atoms with E-state index in [0.717, 1.165) is 23.1 Å². The van der Waals surface area contributed by atoms with E-state index in [-0.39, 0.29) is 6.10 Å². The van der Waals surface area contributed by atoms with Crippen LogP contribution in [0.5, 0.6) is 0 Å². The number of hydrogen-bond acceptors (Lipinski definition) is 2. The van der Waals surface area contributed by atoms with E-state index < -0.39 is 0 Å². The van der Waals surface area contributed by atoms with Crippen LogP contribution < -0.4 is 0 Å². The minimum Gasteiger partial charge on any atom is -0.490 e. The second-order valence-corrected chi connectivity index (χ2v) is 3.93. The van der Waals surface area contributed by atoms with Gasteiger partial charge in [-0.1, -0.05) is 24.8 Å². The van der Waals surface area contributed by atoms with Crippen LogP contribution in [0.3, 0.4) is 0 Å². The molecule has 2 bridgehead atoms. The van der Waals surface area contributed by atoms with Gasteiger partial charge in [-0.3, -0.25) is 0 Å². The average molecular weight is 225 g/mol. The zero-order valence-electron chi connectivity index (χ0n) is 9.60. The molecular weight excluding hydrogens is 210 g/mol. The van der Waals surface area contributed by atoms with Gasteiger partial charge in [0.25, 0.3) is 0 Å². The van der Waals surface area contributed by atoms with E-state index in [0.29, 0.717) is 0 Å². The molecule has 0 aromatic rings. The molecule has 2 heteroatoms. The molecule has 1 N–H and O–H groups in total. The first-order chi connectivity index (χ1) is 8.29. The highest BCUT2D eigenvalue weighted by molar-refractivity contribution is 5.67. The van der Waals surface area contributed by atoms with Crippen molar-refractivity contribution < 1.29 is 4.74 Å². The maximum Gasteiger partial charge on any atom is 0.135 e. The van der Waals surface area contributed by atoms with Crippen LogP contribution in [0.2, 0.25) is 0 Å². The Kier molecular flexibility index (Phi) is 3.55. The summed E-state index contributed by atoms with van der Waals surface area (Å²) in [4.78, 5) is 0. The van der Waals surface area contributed by atoms with E-state index in [2.05, 4.69) is 18.7 Å². The Hall–Kier alpha value is -2.09. The third-order valence-electron chi connectivity index (χ3n) is 2.64. The van der Waals surface area contributed by atoms with Crippen molar-refractivity contribution in [2.45, 2.75) is 12.5 Å². The smallest absolute Gasteiger partial charge is 0.135 e. The fourth-order valence-corrected chi connectivity index (χ4v) is 1.76. The summed E-state index contributed by atoms with van der Waals surface area (Å²) < 4.78 is 5.54. The normalized spacial score (nSPS) is 27.5. The fourth-order valence-electron chi connectivity index (χ4n) is 1.76. The molecule has 86 valence electrons. The molecule has 2 aliphatic rings. The lowest BCUT2D eigenvalue weighted by Gasteiger charge is -2.03. The molecule has 1 aliphatic heterocycles. The van der Waals surface area contributed by atoms with Gasteiger partial charge in [0.2, 0.25) is 0 Å². The highest BCUT2D eigenvalue weighted by atomic mass is 16.5. The van der Waals surface area contributed by atoms with E-state index >= 15 is 0 Å². The summed E-state index contributed by atoms with van der Waals surface area (Å²) in [7, 11) is 0. The number of hydrogen-bond donors (Lipinski definition) is 1. The van der Waals surface area contributed by atoms with Gasteiger partial charge in [0.05, 0.1) is 6.26 Å². The second kappa shape index (κ2) is 5.30. The summed E-state index contributed by atoms with van der Waals surface area (Å²) in [6, 6.07) is 0. The molecule has 1 unspecified atom stereocenters. The predicted octanol–water partition coefficient (Wildman–Crippen LogP) is 3.47. The Bertz CT molecular complexity index is 475. The van der Waals surface area contributed by atoms with Crippen LogP contribution >= 0.6 is 0 Å². The van der Waals surface area contributed by atoms with Crippen LogP contribution in [0.1, 0.15) is 6.42 Å². The molecule has 2 nitrogen and oxygen atoms in total. The number of fused-ring (bicyclic) bond motifs is 1. The molecular formula is C15H15NO. The predicted molar refractivity (Wildman–Crippen MR) is 71.0 cm³/mol. The number of rotatable bonds is 3. The topological polar surface area (TPSA) is 33.1 Å². The lowest BCUT2D eigenvalue weighted by atomic mass is 10.0. The fraction of sp³-hybridized carbons (Fsp3) is 0.133. The Morgan fingerprint density at radius 1 is 1.41 bits per heavy atom. The average Bonchev–Trinajstić information content (AvgIpc) is 2.79. The zero-order chi connectivity index (χ0) is 12.1. The summed E-state index contributed by atoms with van der Waals surface area (Å²) in [6.45, 7) is 4.06. The van der Waals surface area contributed by atoms with Crippen molar-refractivity contribution in [2.24, 2.45) is 0 Å². The summed E-state index contributed by atoms with van der Waals surface area (Å²) in [5.41, 5.74) is 3.24. The Labute approximate surface area is 101 Å². The third kappa shape index (κ3) is 2.94. The molecule has 0 saturated heterocycles. The minimum atomic E-state index is 0.0304. The van der Waals surface area contributed by atoms with Crippen LogP contribution in [-0.4, -0.2) is 12.3 Å². The molecule has 17 heavy (non-hydrogen) atoms. The van der Waals surface area contributed by atoms with Crippen LogP contribution in [0.4, 0.5) is 0 Å². The van der Waals surface area contributed by atoms with Crippen LogP contribution in [0.15, 0.2) is 72.1 Å². The molecule has 0 amide bonds. The van der Waals surface area contributed by atoms with Crippen molar-refractivity contribution in [1.82, 2.24) is 0 Å². The standard InChI is InChI=1S/C15H15NO/c1-12-10-13(4-2-3-8-16)7-9-17-15-6-5-14(12)11-15/h2-3,5-11,15-16H,1,4H2/b3-2-,9-7-,13-10-,16-8?. The molecule has 0 fully saturated rings. The van der Waals surface area contributed by atoms with Gasteiger partial charge in [-0.25, -0.2) is 0 Å². The van der Waals surface area contributed by atoms with E-state index in [1.165, 1.54) is 6.21 Å². The number of allylic oxidation sites excluding steroid dienone is 8. The van der Waals surface area contributed by atoms with Crippen molar-refractivity contribution in [3.8, 4) is 0 Å². The number of ether oxygens (including phenoxy) is 1. The van der Waals surface area contributed by atoms with E-state index in [9.17, 15) is 0 Å². The summed E-state index contributed by atoms with van der Waals surface area (Å²) in [5.74, 6) is 0. The number of nitrogens with one attached hydrogen (secondary N) is 1. The largest absolute Gasteiger partial charge is 0.490 e. The Balaban J connectivity index is 2.19. The van der Waals surface area contributed by atoms with Crippen LogP contribution in [0.25, 0.3) is 0 Å². The molecule has 2 rings (SSSR count). The summed E-state index contributed by atoms with van der Waals surface area (Å²) in [6.07, 6.45) is 17.6. The molecule has 0 aromatic carbocycles. The van der Waals surface area contributed by atoms with Gasteiger partial charge in [0.15, 0.2) is 0 Å². The van der Waals surface area contributed by atoms with Crippen molar-refractivity contribution in [3.63, 3.8) is 0 Å². The maximum atomic E-state index is 6.93. The van der Waals surface area contributed by atoms with Gasteiger partial charge >= 0.3 is 0 Å². The lowest BCUT2D eigenvalue weighted by Crippen LogP contribution is -1.97. The Morgan fingerprint density at radius 3 is 3.12 bits per heavy atom. The first-order valence-corrected chi connectivity index (χ1v) is 5.57.